The van der Waals surface area contributed by atoms with Gasteiger partial charge in [-0.1, -0.05) is 20.8 Å². The molecule has 0 saturated carbocycles. The fraction of sp³-hybridized carbons (Fsp3) is 0.909. The van der Waals surface area contributed by atoms with Gasteiger partial charge in [-0.15, -0.1) is 0 Å². The minimum Gasteiger partial charge on any atom is -0.354 e. The molecule has 1 N–H and O–H groups in total. The van der Waals surface area contributed by atoms with Gasteiger partial charge in [-0.05, 0) is 25.9 Å². The zero-order valence-corrected chi connectivity index (χ0v) is 9.55. The van der Waals surface area contributed by atoms with E-state index in [1.807, 2.05) is 13.8 Å². The first-order valence-corrected chi connectivity index (χ1v) is 5.67. The van der Waals surface area contributed by atoms with Crippen LogP contribution in [0.25, 0.3) is 0 Å². The maximum atomic E-state index is 11.4. The Balaban J connectivity index is 2.27. The van der Waals surface area contributed by atoms with Crippen molar-refractivity contribution in [2.24, 2.45) is 5.92 Å². The van der Waals surface area contributed by atoms with Gasteiger partial charge in [0.1, 0.15) is 0 Å². The molecule has 3 heteroatoms. The SMILES string of the molecule is CCN1CCC[C@@H]1CNC(=O)C(C)C. The van der Waals surface area contributed by atoms with Crippen LogP contribution in [0, 0.1) is 5.92 Å². The Kier molecular flexibility index (Phi) is 4.39. The molecule has 0 spiro atoms. The summed E-state index contributed by atoms with van der Waals surface area (Å²) in [6.45, 7) is 9.16. The van der Waals surface area contributed by atoms with E-state index < -0.39 is 0 Å². The molecule has 3 nitrogen and oxygen atoms in total. The highest BCUT2D eigenvalue weighted by atomic mass is 16.1. The first kappa shape index (κ1) is 11.5. The van der Waals surface area contributed by atoms with Crippen LogP contribution in [-0.2, 0) is 4.79 Å². The third-order valence-electron chi connectivity index (χ3n) is 2.94. The number of carbonyl (C=O) groups is 1. The van der Waals surface area contributed by atoms with E-state index in [-0.39, 0.29) is 11.8 Å². The third kappa shape index (κ3) is 2.98. The molecule has 1 aliphatic rings. The molecule has 0 aromatic rings. The Bertz CT molecular complexity index is 192. The van der Waals surface area contributed by atoms with Gasteiger partial charge >= 0.3 is 0 Å². The Morgan fingerprint density at radius 1 is 1.57 bits per heavy atom. The topological polar surface area (TPSA) is 32.3 Å². The third-order valence-corrected chi connectivity index (χ3v) is 2.94. The van der Waals surface area contributed by atoms with E-state index in [0.29, 0.717) is 6.04 Å². The summed E-state index contributed by atoms with van der Waals surface area (Å²) in [5.74, 6) is 0.277. The van der Waals surface area contributed by atoms with E-state index in [1.54, 1.807) is 0 Å². The molecule has 1 amide bonds. The first-order valence-electron chi connectivity index (χ1n) is 5.67. The van der Waals surface area contributed by atoms with E-state index >= 15 is 0 Å². The molecule has 1 aliphatic heterocycles. The van der Waals surface area contributed by atoms with Crippen LogP contribution < -0.4 is 5.32 Å². The number of likely N-dealkylation sites (tertiary alicyclic amines) is 1. The van der Waals surface area contributed by atoms with Gasteiger partial charge < -0.3 is 5.32 Å². The Morgan fingerprint density at radius 2 is 2.29 bits per heavy atom. The van der Waals surface area contributed by atoms with Gasteiger partial charge in [0.15, 0.2) is 0 Å². The molecular formula is C11H22N2O. The number of rotatable bonds is 4. The predicted octanol–water partition coefficient (Wildman–Crippen LogP) is 1.24. The van der Waals surface area contributed by atoms with Crippen LogP contribution in [0.4, 0.5) is 0 Å². The van der Waals surface area contributed by atoms with Gasteiger partial charge in [0, 0.05) is 18.5 Å². The highest BCUT2D eigenvalue weighted by molar-refractivity contribution is 5.77. The maximum Gasteiger partial charge on any atom is 0.222 e. The average Bonchev–Trinajstić information content (AvgIpc) is 2.60. The molecule has 14 heavy (non-hydrogen) atoms. The molecule has 1 fully saturated rings. The van der Waals surface area contributed by atoms with Crippen LogP contribution in [0.1, 0.15) is 33.6 Å². The van der Waals surface area contributed by atoms with Crippen LogP contribution >= 0.6 is 0 Å². The summed E-state index contributed by atoms with van der Waals surface area (Å²) in [7, 11) is 0. The van der Waals surface area contributed by atoms with Crippen LogP contribution in [0.5, 0.6) is 0 Å². The van der Waals surface area contributed by atoms with Gasteiger partial charge in [0.05, 0.1) is 0 Å². The van der Waals surface area contributed by atoms with E-state index in [1.165, 1.54) is 19.4 Å². The molecule has 0 radical (unpaired) electrons. The lowest BCUT2D eigenvalue weighted by atomic mass is 10.2. The largest absolute Gasteiger partial charge is 0.354 e. The van der Waals surface area contributed by atoms with Crippen molar-refractivity contribution in [3.05, 3.63) is 0 Å². The molecule has 1 rings (SSSR count). The van der Waals surface area contributed by atoms with Crippen molar-refractivity contribution in [1.29, 1.82) is 0 Å². The zero-order valence-electron chi connectivity index (χ0n) is 9.55. The quantitative estimate of drug-likeness (QED) is 0.737. The van der Waals surface area contributed by atoms with Crippen molar-refractivity contribution in [3.8, 4) is 0 Å². The Morgan fingerprint density at radius 3 is 2.86 bits per heavy atom. The number of nitrogens with zero attached hydrogens (tertiary/aromatic N) is 1. The Labute approximate surface area is 86.9 Å². The van der Waals surface area contributed by atoms with Crippen LogP contribution in [-0.4, -0.2) is 36.5 Å². The highest BCUT2D eigenvalue weighted by Crippen LogP contribution is 2.15. The van der Waals surface area contributed by atoms with Crippen molar-refractivity contribution in [2.75, 3.05) is 19.6 Å². The molecule has 0 aromatic heterocycles. The van der Waals surface area contributed by atoms with Crippen molar-refractivity contribution in [2.45, 2.75) is 39.7 Å². The van der Waals surface area contributed by atoms with Crippen LogP contribution in [0.3, 0.4) is 0 Å². The van der Waals surface area contributed by atoms with Gasteiger partial charge in [-0.25, -0.2) is 0 Å². The van der Waals surface area contributed by atoms with Crippen LogP contribution in [0.15, 0.2) is 0 Å². The van der Waals surface area contributed by atoms with Crippen molar-refractivity contribution >= 4 is 5.91 Å². The number of nitrogens with one attached hydrogen (secondary N) is 1. The molecule has 82 valence electrons. The maximum absolute atomic E-state index is 11.4. The lowest BCUT2D eigenvalue weighted by molar-refractivity contribution is -0.124. The zero-order chi connectivity index (χ0) is 10.6. The monoisotopic (exact) mass is 198 g/mol. The van der Waals surface area contributed by atoms with Crippen molar-refractivity contribution < 1.29 is 4.79 Å². The standard InChI is InChI=1S/C11H22N2O/c1-4-13-7-5-6-10(13)8-12-11(14)9(2)3/h9-10H,4-8H2,1-3H3,(H,12,14)/t10-/m1/s1. The lowest BCUT2D eigenvalue weighted by Gasteiger charge is -2.23. The van der Waals surface area contributed by atoms with E-state index in [9.17, 15) is 4.79 Å². The molecule has 1 atom stereocenters. The van der Waals surface area contributed by atoms with E-state index in [2.05, 4.69) is 17.1 Å². The fourth-order valence-electron chi connectivity index (χ4n) is 1.97. The second kappa shape index (κ2) is 5.35. The molecule has 0 aliphatic carbocycles. The summed E-state index contributed by atoms with van der Waals surface area (Å²) in [5.41, 5.74) is 0. The van der Waals surface area contributed by atoms with Crippen molar-refractivity contribution in [3.63, 3.8) is 0 Å². The molecule has 0 unspecified atom stereocenters. The van der Waals surface area contributed by atoms with E-state index in [4.69, 9.17) is 0 Å². The number of hydrogen-bond donors (Lipinski definition) is 1. The number of amides is 1. The summed E-state index contributed by atoms with van der Waals surface area (Å²) < 4.78 is 0. The fourth-order valence-corrected chi connectivity index (χ4v) is 1.97. The predicted molar refractivity (Wildman–Crippen MR) is 58.1 cm³/mol. The normalized spacial score (nSPS) is 23.0. The Hall–Kier alpha value is -0.570. The molecule has 0 bridgehead atoms. The summed E-state index contributed by atoms with van der Waals surface area (Å²) >= 11 is 0. The second-order valence-corrected chi connectivity index (χ2v) is 4.32. The number of likely N-dealkylation sites (N-methyl/N-ethyl adjacent to an activating group) is 1. The van der Waals surface area contributed by atoms with Gasteiger partial charge in [-0.2, -0.15) is 0 Å². The molecule has 1 heterocycles. The molecular weight excluding hydrogens is 176 g/mol. The van der Waals surface area contributed by atoms with E-state index in [0.717, 1.165) is 13.1 Å². The first-order chi connectivity index (χ1) is 6.65. The number of carbonyl (C=O) groups excluding carboxylic acids is 1. The smallest absolute Gasteiger partial charge is 0.222 e. The van der Waals surface area contributed by atoms with Gasteiger partial charge in [0.25, 0.3) is 0 Å². The summed E-state index contributed by atoms with van der Waals surface area (Å²) in [6, 6.07) is 0.572. The van der Waals surface area contributed by atoms with Gasteiger partial charge in [-0.3, -0.25) is 9.69 Å². The molecule has 1 saturated heterocycles. The summed E-state index contributed by atoms with van der Waals surface area (Å²) in [5, 5.41) is 3.01. The number of hydrogen-bond acceptors (Lipinski definition) is 2. The van der Waals surface area contributed by atoms with Crippen molar-refractivity contribution in [1.82, 2.24) is 10.2 Å². The molecule has 0 aromatic carbocycles. The summed E-state index contributed by atoms with van der Waals surface area (Å²) in [4.78, 5) is 13.8. The summed E-state index contributed by atoms with van der Waals surface area (Å²) in [6.07, 6.45) is 2.50. The highest BCUT2D eigenvalue weighted by Gasteiger charge is 2.23. The lowest BCUT2D eigenvalue weighted by Crippen LogP contribution is -2.41. The average molecular weight is 198 g/mol. The minimum atomic E-state index is 0.103. The van der Waals surface area contributed by atoms with Crippen LogP contribution in [0.2, 0.25) is 0 Å². The van der Waals surface area contributed by atoms with Gasteiger partial charge in [0.2, 0.25) is 5.91 Å². The second-order valence-electron chi connectivity index (χ2n) is 4.32. The minimum absolute atomic E-state index is 0.103.